The zero-order valence-electron chi connectivity index (χ0n) is 13.7. The van der Waals surface area contributed by atoms with Crippen molar-refractivity contribution in [3.8, 4) is 0 Å². The highest BCUT2D eigenvalue weighted by atomic mass is 32.2. The van der Waals surface area contributed by atoms with Crippen LogP contribution in [0.15, 0.2) is 29.2 Å². The summed E-state index contributed by atoms with van der Waals surface area (Å²) >= 11 is 0. The smallest absolute Gasteiger partial charge is 0.240 e. The summed E-state index contributed by atoms with van der Waals surface area (Å²) in [4.78, 5) is 12.1. The SMILES string of the molecule is CCCC(C)C(=O)Nc1ccc(S(=O)(=O)NC(C)CC)cc1. The first-order chi connectivity index (χ1) is 10.3. The molecular formula is C16H26N2O3S. The third-order valence-electron chi connectivity index (χ3n) is 3.57. The molecule has 124 valence electrons. The summed E-state index contributed by atoms with van der Waals surface area (Å²) in [5, 5.41) is 2.80. The molecule has 0 saturated heterocycles. The van der Waals surface area contributed by atoms with E-state index in [2.05, 4.69) is 10.0 Å². The largest absolute Gasteiger partial charge is 0.326 e. The molecule has 0 aliphatic carbocycles. The monoisotopic (exact) mass is 326 g/mol. The van der Waals surface area contributed by atoms with Gasteiger partial charge < -0.3 is 5.32 Å². The van der Waals surface area contributed by atoms with Crippen LogP contribution in [0.1, 0.15) is 47.0 Å². The molecular weight excluding hydrogens is 300 g/mol. The molecule has 1 aromatic carbocycles. The molecule has 0 aliphatic rings. The first-order valence-corrected chi connectivity index (χ1v) is 9.21. The third-order valence-corrected chi connectivity index (χ3v) is 5.18. The van der Waals surface area contributed by atoms with Crippen molar-refractivity contribution in [2.45, 2.75) is 57.9 Å². The van der Waals surface area contributed by atoms with Gasteiger partial charge in [-0.15, -0.1) is 0 Å². The Morgan fingerprint density at radius 2 is 1.73 bits per heavy atom. The van der Waals surface area contributed by atoms with Gasteiger partial charge in [-0.2, -0.15) is 0 Å². The van der Waals surface area contributed by atoms with Crippen molar-refractivity contribution in [3.05, 3.63) is 24.3 Å². The Labute approximate surface area is 133 Å². The molecule has 0 saturated carbocycles. The lowest BCUT2D eigenvalue weighted by molar-refractivity contribution is -0.119. The Morgan fingerprint density at radius 1 is 1.14 bits per heavy atom. The van der Waals surface area contributed by atoms with Gasteiger partial charge in [0.25, 0.3) is 0 Å². The normalized spacial score (nSPS) is 14.4. The van der Waals surface area contributed by atoms with E-state index in [4.69, 9.17) is 0 Å². The number of nitrogens with one attached hydrogen (secondary N) is 2. The first-order valence-electron chi connectivity index (χ1n) is 7.73. The van der Waals surface area contributed by atoms with Gasteiger partial charge >= 0.3 is 0 Å². The quantitative estimate of drug-likeness (QED) is 0.770. The molecule has 6 heteroatoms. The maximum atomic E-state index is 12.1. The molecule has 0 heterocycles. The molecule has 0 aliphatic heterocycles. The minimum Gasteiger partial charge on any atom is -0.326 e. The minimum absolute atomic E-state index is 0.0461. The van der Waals surface area contributed by atoms with Gasteiger partial charge in [-0.3, -0.25) is 4.79 Å². The number of carbonyl (C=O) groups excluding carboxylic acids is 1. The Kier molecular flexibility index (Phi) is 7.03. The van der Waals surface area contributed by atoms with E-state index in [0.717, 1.165) is 19.3 Å². The Bertz CT molecular complexity index is 582. The summed E-state index contributed by atoms with van der Waals surface area (Å²) in [6, 6.07) is 6.12. The van der Waals surface area contributed by atoms with Gasteiger partial charge in [-0.05, 0) is 44.0 Å². The van der Waals surface area contributed by atoms with Gasteiger partial charge in [-0.25, -0.2) is 13.1 Å². The molecule has 22 heavy (non-hydrogen) atoms. The highest BCUT2D eigenvalue weighted by Crippen LogP contribution is 2.16. The Hall–Kier alpha value is -1.40. The molecule has 1 amide bonds. The second-order valence-corrected chi connectivity index (χ2v) is 7.35. The first kappa shape index (κ1) is 18.6. The average Bonchev–Trinajstić information content (AvgIpc) is 2.47. The highest BCUT2D eigenvalue weighted by molar-refractivity contribution is 7.89. The van der Waals surface area contributed by atoms with Crippen molar-refractivity contribution in [3.63, 3.8) is 0 Å². The number of rotatable bonds is 8. The van der Waals surface area contributed by atoms with Crippen LogP contribution in [0, 0.1) is 5.92 Å². The predicted molar refractivity (Wildman–Crippen MR) is 89.2 cm³/mol. The fraction of sp³-hybridized carbons (Fsp3) is 0.562. The maximum Gasteiger partial charge on any atom is 0.240 e. The van der Waals surface area contributed by atoms with Crippen LogP contribution < -0.4 is 10.0 Å². The van der Waals surface area contributed by atoms with Crippen LogP contribution >= 0.6 is 0 Å². The number of carbonyl (C=O) groups is 1. The molecule has 0 fully saturated rings. The van der Waals surface area contributed by atoms with Crippen LogP contribution in [0.2, 0.25) is 0 Å². The van der Waals surface area contributed by atoms with E-state index in [-0.39, 0.29) is 22.8 Å². The number of amides is 1. The molecule has 0 spiro atoms. The standard InChI is InChI=1S/C16H26N2O3S/c1-5-7-12(3)16(19)17-14-8-10-15(11-9-14)22(20,21)18-13(4)6-2/h8-13,18H,5-7H2,1-4H3,(H,17,19). The molecule has 2 atom stereocenters. The van der Waals surface area contributed by atoms with Crippen LogP contribution in [-0.4, -0.2) is 20.4 Å². The van der Waals surface area contributed by atoms with E-state index in [0.29, 0.717) is 5.69 Å². The maximum absolute atomic E-state index is 12.1. The van der Waals surface area contributed by atoms with E-state index in [1.54, 1.807) is 12.1 Å². The van der Waals surface area contributed by atoms with Crippen molar-refractivity contribution in [1.82, 2.24) is 4.72 Å². The van der Waals surface area contributed by atoms with E-state index < -0.39 is 10.0 Å². The second-order valence-electron chi connectivity index (χ2n) is 5.63. The molecule has 1 aromatic rings. The number of hydrogen-bond acceptors (Lipinski definition) is 3. The van der Waals surface area contributed by atoms with Gasteiger partial charge in [0.2, 0.25) is 15.9 Å². The van der Waals surface area contributed by atoms with Crippen molar-refractivity contribution in [1.29, 1.82) is 0 Å². The number of hydrogen-bond donors (Lipinski definition) is 2. The molecule has 0 radical (unpaired) electrons. The molecule has 0 aromatic heterocycles. The lowest BCUT2D eigenvalue weighted by Gasteiger charge is -2.13. The fourth-order valence-corrected chi connectivity index (χ4v) is 3.29. The van der Waals surface area contributed by atoms with E-state index in [1.807, 2.05) is 27.7 Å². The van der Waals surface area contributed by atoms with Gasteiger partial charge in [-0.1, -0.05) is 27.2 Å². The zero-order valence-corrected chi connectivity index (χ0v) is 14.5. The molecule has 2 N–H and O–H groups in total. The van der Waals surface area contributed by atoms with Gasteiger partial charge in [0, 0.05) is 17.6 Å². The van der Waals surface area contributed by atoms with Crippen LogP contribution in [0.5, 0.6) is 0 Å². The van der Waals surface area contributed by atoms with Gasteiger partial charge in [0.1, 0.15) is 0 Å². The summed E-state index contributed by atoms with van der Waals surface area (Å²) in [6.07, 6.45) is 2.51. The Balaban J connectivity index is 2.76. The van der Waals surface area contributed by atoms with Crippen LogP contribution in [0.25, 0.3) is 0 Å². The minimum atomic E-state index is -3.50. The van der Waals surface area contributed by atoms with Crippen LogP contribution in [-0.2, 0) is 14.8 Å². The van der Waals surface area contributed by atoms with Crippen LogP contribution in [0.3, 0.4) is 0 Å². The van der Waals surface area contributed by atoms with Crippen molar-refractivity contribution in [2.75, 3.05) is 5.32 Å². The number of benzene rings is 1. The lowest BCUT2D eigenvalue weighted by Crippen LogP contribution is -2.32. The molecule has 5 nitrogen and oxygen atoms in total. The van der Waals surface area contributed by atoms with E-state index >= 15 is 0 Å². The summed E-state index contributed by atoms with van der Waals surface area (Å²) in [5.74, 6) is -0.101. The van der Waals surface area contributed by atoms with Crippen molar-refractivity contribution < 1.29 is 13.2 Å². The average molecular weight is 326 g/mol. The second kappa shape index (κ2) is 8.29. The zero-order chi connectivity index (χ0) is 16.8. The Morgan fingerprint density at radius 3 is 2.23 bits per heavy atom. The lowest BCUT2D eigenvalue weighted by atomic mass is 10.1. The van der Waals surface area contributed by atoms with Crippen molar-refractivity contribution in [2.24, 2.45) is 5.92 Å². The molecule has 1 rings (SSSR count). The van der Waals surface area contributed by atoms with E-state index in [1.165, 1.54) is 12.1 Å². The van der Waals surface area contributed by atoms with Crippen molar-refractivity contribution >= 4 is 21.6 Å². The van der Waals surface area contributed by atoms with Gasteiger partial charge in [0.15, 0.2) is 0 Å². The summed E-state index contributed by atoms with van der Waals surface area (Å²) < 4.78 is 26.9. The molecule has 0 bridgehead atoms. The van der Waals surface area contributed by atoms with E-state index in [9.17, 15) is 13.2 Å². The highest BCUT2D eigenvalue weighted by Gasteiger charge is 2.17. The third kappa shape index (κ3) is 5.42. The summed E-state index contributed by atoms with van der Waals surface area (Å²) in [7, 11) is -3.50. The predicted octanol–water partition coefficient (Wildman–Crippen LogP) is 3.14. The number of sulfonamides is 1. The molecule has 2 unspecified atom stereocenters. The summed E-state index contributed by atoms with van der Waals surface area (Å²) in [6.45, 7) is 7.66. The summed E-state index contributed by atoms with van der Waals surface area (Å²) in [5.41, 5.74) is 0.607. The fourth-order valence-electron chi connectivity index (χ4n) is 1.96. The van der Waals surface area contributed by atoms with Gasteiger partial charge in [0.05, 0.1) is 4.90 Å². The van der Waals surface area contributed by atoms with Crippen LogP contribution in [0.4, 0.5) is 5.69 Å². The number of anilines is 1. The topological polar surface area (TPSA) is 75.3 Å².